The van der Waals surface area contributed by atoms with Crippen LogP contribution in [0.1, 0.15) is 62.5 Å². The SMILES string of the molecule is CCc1cccc2c(C3CCN(C(=O)CCCCC(=O)O)CC3)c[nH]c12. The van der Waals surface area contributed by atoms with Crippen molar-refractivity contribution in [2.45, 2.75) is 57.8 Å². The van der Waals surface area contributed by atoms with Gasteiger partial charge in [-0.05, 0) is 49.1 Å². The lowest BCUT2D eigenvalue weighted by Crippen LogP contribution is -2.37. The zero-order valence-corrected chi connectivity index (χ0v) is 15.5. The number of para-hydroxylation sites is 1. The van der Waals surface area contributed by atoms with E-state index in [2.05, 4.69) is 36.3 Å². The van der Waals surface area contributed by atoms with E-state index in [-0.39, 0.29) is 12.3 Å². The van der Waals surface area contributed by atoms with Gasteiger partial charge in [-0.15, -0.1) is 0 Å². The molecule has 1 amide bonds. The Hall–Kier alpha value is -2.30. The van der Waals surface area contributed by atoms with Crippen LogP contribution < -0.4 is 0 Å². The number of benzene rings is 1. The molecule has 0 unspecified atom stereocenters. The number of piperidine rings is 1. The highest BCUT2D eigenvalue weighted by Crippen LogP contribution is 2.34. The number of H-pyrrole nitrogens is 1. The number of hydrogen-bond acceptors (Lipinski definition) is 2. The van der Waals surface area contributed by atoms with Gasteiger partial charge in [-0.1, -0.05) is 25.1 Å². The van der Waals surface area contributed by atoms with Crippen molar-refractivity contribution in [3.05, 3.63) is 35.5 Å². The van der Waals surface area contributed by atoms with Gasteiger partial charge in [0.2, 0.25) is 5.91 Å². The molecule has 1 fully saturated rings. The van der Waals surface area contributed by atoms with E-state index in [4.69, 9.17) is 5.11 Å². The van der Waals surface area contributed by atoms with Crippen molar-refractivity contribution in [1.82, 2.24) is 9.88 Å². The molecule has 1 aliphatic heterocycles. The molecule has 5 nitrogen and oxygen atoms in total. The summed E-state index contributed by atoms with van der Waals surface area (Å²) in [5.74, 6) is -0.129. The first-order valence-electron chi connectivity index (χ1n) is 9.68. The predicted molar refractivity (Wildman–Crippen MR) is 102 cm³/mol. The summed E-state index contributed by atoms with van der Waals surface area (Å²) in [5.41, 5.74) is 3.98. The van der Waals surface area contributed by atoms with Crippen LogP contribution in [0.25, 0.3) is 10.9 Å². The smallest absolute Gasteiger partial charge is 0.303 e. The molecule has 26 heavy (non-hydrogen) atoms. The number of carboxylic acids is 1. The number of fused-ring (bicyclic) bond motifs is 1. The highest BCUT2D eigenvalue weighted by molar-refractivity contribution is 5.86. The van der Waals surface area contributed by atoms with Crippen LogP contribution in [0.2, 0.25) is 0 Å². The third kappa shape index (κ3) is 4.09. The third-order valence-electron chi connectivity index (χ3n) is 5.53. The molecule has 1 aromatic heterocycles. The van der Waals surface area contributed by atoms with E-state index in [1.807, 2.05) is 4.90 Å². The first kappa shape index (κ1) is 18.5. The number of carbonyl (C=O) groups is 2. The van der Waals surface area contributed by atoms with Gasteiger partial charge in [0.1, 0.15) is 0 Å². The molecule has 0 bridgehead atoms. The number of aromatic nitrogens is 1. The van der Waals surface area contributed by atoms with Gasteiger partial charge in [-0.2, -0.15) is 0 Å². The fourth-order valence-corrected chi connectivity index (χ4v) is 4.02. The molecule has 2 heterocycles. The second kappa shape index (κ2) is 8.39. The van der Waals surface area contributed by atoms with E-state index in [9.17, 15) is 9.59 Å². The maximum atomic E-state index is 12.3. The standard InChI is InChI=1S/C21H28N2O3/c1-2-15-6-5-7-17-18(14-22-21(15)17)16-10-12-23(13-11-16)19(24)8-3-4-9-20(25)26/h5-7,14,16,22H,2-4,8-13H2,1H3,(H,25,26). The minimum Gasteiger partial charge on any atom is -0.481 e. The fraction of sp³-hybridized carbons (Fsp3) is 0.524. The third-order valence-corrected chi connectivity index (χ3v) is 5.53. The van der Waals surface area contributed by atoms with E-state index < -0.39 is 5.97 Å². The first-order chi connectivity index (χ1) is 12.6. The number of carboxylic acid groups (broad SMARTS) is 1. The van der Waals surface area contributed by atoms with E-state index in [1.54, 1.807) is 0 Å². The number of hydrogen-bond donors (Lipinski definition) is 2. The van der Waals surface area contributed by atoms with Gasteiger partial charge in [-0.3, -0.25) is 9.59 Å². The zero-order chi connectivity index (χ0) is 18.5. The van der Waals surface area contributed by atoms with Gasteiger partial charge in [0.05, 0.1) is 0 Å². The second-order valence-electron chi connectivity index (χ2n) is 7.19. The molecule has 0 aliphatic carbocycles. The van der Waals surface area contributed by atoms with Crippen molar-refractivity contribution in [1.29, 1.82) is 0 Å². The molecule has 0 atom stereocenters. The Bertz CT molecular complexity index is 773. The Morgan fingerprint density at radius 3 is 2.62 bits per heavy atom. The minimum absolute atomic E-state index is 0.148. The molecule has 1 aliphatic rings. The average molecular weight is 356 g/mol. The molecule has 0 saturated carbocycles. The molecular formula is C21H28N2O3. The highest BCUT2D eigenvalue weighted by Gasteiger charge is 2.25. The van der Waals surface area contributed by atoms with Gasteiger partial charge in [0, 0.05) is 43.0 Å². The Kier molecular flexibility index (Phi) is 5.96. The molecule has 2 aromatic rings. The van der Waals surface area contributed by atoms with E-state index in [1.165, 1.54) is 22.0 Å². The second-order valence-corrected chi connectivity index (χ2v) is 7.19. The molecule has 0 spiro atoms. The summed E-state index contributed by atoms with van der Waals surface area (Å²) in [5, 5.41) is 9.98. The number of aromatic amines is 1. The number of rotatable bonds is 7. The lowest BCUT2D eigenvalue weighted by molar-refractivity contribution is -0.137. The molecule has 140 valence electrons. The van der Waals surface area contributed by atoms with Crippen molar-refractivity contribution < 1.29 is 14.7 Å². The fourth-order valence-electron chi connectivity index (χ4n) is 4.02. The van der Waals surface area contributed by atoms with Gasteiger partial charge < -0.3 is 15.0 Å². The molecule has 3 rings (SSSR count). The largest absolute Gasteiger partial charge is 0.481 e. The van der Waals surface area contributed by atoms with E-state index in [0.29, 0.717) is 25.2 Å². The molecule has 5 heteroatoms. The quantitative estimate of drug-likeness (QED) is 0.734. The Morgan fingerprint density at radius 1 is 1.19 bits per heavy atom. The summed E-state index contributed by atoms with van der Waals surface area (Å²) >= 11 is 0. The summed E-state index contributed by atoms with van der Waals surface area (Å²) in [6.07, 6.45) is 7.00. The van der Waals surface area contributed by atoms with Crippen LogP contribution in [0.15, 0.2) is 24.4 Å². The van der Waals surface area contributed by atoms with Crippen LogP contribution in [0, 0.1) is 0 Å². The lowest BCUT2D eigenvalue weighted by Gasteiger charge is -2.32. The molecule has 1 saturated heterocycles. The Labute approximate surface area is 154 Å². The van der Waals surface area contributed by atoms with Gasteiger partial charge >= 0.3 is 5.97 Å². The summed E-state index contributed by atoms with van der Waals surface area (Å²) in [6, 6.07) is 6.50. The molecule has 2 N–H and O–H groups in total. The monoisotopic (exact) mass is 356 g/mol. The van der Waals surface area contributed by atoms with Crippen molar-refractivity contribution in [2.75, 3.05) is 13.1 Å². The van der Waals surface area contributed by atoms with Crippen LogP contribution in [0.5, 0.6) is 0 Å². The number of unbranched alkanes of at least 4 members (excludes halogenated alkanes) is 1. The lowest BCUT2D eigenvalue weighted by atomic mass is 9.88. The molecular weight excluding hydrogens is 328 g/mol. The van der Waals surface area contributed by atoms with Crippen molar-refractivity contribution in [3.63, 3.8) is 0 Å². The number of carbonyl (C=O) groups excluding carboxylic acids is 1. The van der Waals surface area contributed by atoms with Crippen molar-refractivity contribution in [2.24, 2.45) is 0 Å². The highest BCUT2D eigenvalue weighted by atomic mass is 16.4. The summed E-state index contributed by atoms with van der Waals surface area (Å²) in [7, 11) is 0. The van der Waals surface area contributed by atoms with Gasteiger partial charge in [0.15, 0.2) is 0 Å². The van der Waals surface area contributed by atoms with Crippen LogP contribution in [-0.4, -0.2) is 40.0 Å². The number of amides is 1. The number of likely N-dealkylation sites (tertiary alicyclic amines) is 1. The maximum Gasteiger partial charge on any atom is 0.303 e. The van der Waals surface area contributed by atoms with Crippen LogP contribution >= 0.6 is 0 Å². The molecule has 1 aromatic carbocycles. The summed E-state index contributed by atoms with van der Waals surface area (Å²) < 4.78 is 0. The maximum absolute atomic E-state index is 12.3. The number of nitrogens with one attached hydrogen (secondary N) is 1. The van der Waals surface area contributed by atoms with E-state index in [0.717, 1.165) is 32.4 Å². The van der Waals surface area contributed by atoms with Crippen molar-refractivity contribution >= 4 is 22.8 Å². The van der Waals surface area contributed by atoms with Crippen LogP contribution in [0.3, 0.4) is 0 Å². The summed E-state index contributed by atoms with van der Waals surface area (Å²) in [6.45, 7) is 3.76. The normalized spacial score (nSPS) is 15.5. The topological polar surface area (TPSA) is 73.4 Å². The molecule has 0 radical (unpaired) electrons. The predicted octanol–water partition coefficient (Wildman–Crippen LogP) is 4.08. The first-order valence-corrected chi connectivity index (χ1v) is 9.68. The number of nitrogens with zero attached hydrogens (tertiary/aromatic N) is 1. The van der Waals surface area contributed by atoms with Crippen LogP contribution in [0.4, 0.5) is 0 Å². The number of aryl methyl sites for hydroxylation is 1. The van der Waals surface area contributed by atoms with Gasteiger partial charge in [0.25, 0.3) is 0 Å². The van der Waals surface area contributed by atoms with E-state index >= 15 is 0 Å². The van der Waals surface area contributed by atoms with Crippen molar-refractivity contribution in [3.8, 4) is 0 Å². The summed E-state index contributed by atoms with van der Waals surface area (Å²) in [4.78, 5) is 28.2. The van der Waals surface area contributed by atoms with Gasteiger partial charge in [-0.25, -0.2) is 0 Å². The Balaban J connectivity index is 1.55. The Morgan fingerprint density at radius 2 is 1.92 bits per heavy atom. The van der Waals surface area contributed by atoms with Crippen LogP contribution in [-0.2, 0) is 16.0 Å². The number of aliphatic carboxylic acids is 1. The minimum atomic E-state index is -0.789. The zero-order valence-electron chi connectivity index (χ0n) is 15.5. The average Bonchev–Trinajstić information content (AvgIpc) is 3.09.